The van der Waals surface area contributed by atoms with E-state index in [1.807, 2.05) is 48.5 Å². The van der Waals surface area contributed by atoms with E-state index in [1.54, 1.807) is 7.11 Å². The highest BCUT2D eigenvalue weighted by atomic mass is 32.2. The van der Waals surface area contributed by atoms with Crippen molar-refractivity contribution in [3.63, 3.8) is 0 Å². The number of sulfonamides is 1. The fourth-order valence-electron chi connectivity index (χ4n) is 3.12. The predicted octanol–water partition coefficient (Wildman–Crippen LogP) is 1.70. The molecule has 2 aromatic carbocycles. The number of carbonyl (C=O) groups is 1. The molecule has 0 unspecified atom stereocenters. The molecule has 1 amide bonds. The molecule has 1 aliphatic rings. The van der Waals surface area contributed by atoms with Gasteiger partial charge in [0, 0.05) is 13.1 Å². The summed E-state index contributed by atoms with van der Waals surface area (Å²) in [6.45, 7) is 0.550. The van der Waals surface area contributed by atoms with Crippen molar-refractivity contribution < 1.29 is 17.9 Å². The second-order valence-electron chi connectivity index (χ2n) is 6.36. The average Bonchev–Trinajstić information content (AvgIpc) is 2.64. The summed E-state index contributed by atoms with van der Waals surface area (Å²) in [5, 5.41) is 2.85. The summed E-state index contributed by atoms with van der Waals surface area (Å²) in [5.74, 6) is 0.452. The Hall–Kier alpha value is -2.38. The molecule has 1 N–H and O–H groups in total. The molecule has 0 aliphatic carbocycles. The predicted molar refractivity (Wildman–Crippen MR) is 99.2 cm³/mol. The maximum absolute atomic E-state index is 12.7. The molecule has 3 rings (SSSR count). The van der Waals surface area contributed by atoms with Crippen molar-refractivity contribution in [1.82, 2.24) is 9.62 Å². The Morgan fingerprint density at radius 3 is 2.42 bits per heavy atom. The van der Waals surface area contributed by atoms with Crippen LogP contribution < -0.4 is 10.1 Å². The third-order valence-corrected chi connectivity index (χ3v) is 5.80. The first-order valence-electron chi connectivity index (χ1n) is 8.32. The third kappa shape index (κ3) is 4.05. The summed E-state index contributed by atoms with van der Waals surface area (Å²) in [4.78, 5) is 12.7. The van der Waals surface area contributed by atoms with E-state index < -0.39 is 16.1 Å². The van der Waals surface area contributed by atoms with Gasteiger partial charge in [0.2, 0.25) is 15.9 Å². The van der Waals surface area contributed by atoms with Crippen molar-refractivity contribution in [2.75, 3.05) is 13.4 Å². The SMILES string of the molecule is COc1ccc(CNC(=O)[C@@H]2Cc3ccccc3CN2S(C)(=O)=O)cc1. The highest BCUT2D eigenvalue weighted by Crippen LogP contribution is 2.25. The highest BCUT2D eigenvalue weighted by molar-refractivity contribution is 7.88. The molecular formula is C19H22N2O4S. The van der Waals surface area contributed by atoms with Crippen LogP contribution in [0.1, 0.15) is 16.7 Å². The summed E-state index contributed by atoms with van der Waals surface area (Å²) < 4.78 is 30.8. The number of nitrogens with one attached hydrogen (secondary N) is 1. The fourth-order valence-corrected chi connectivity index (χ4v) is 4.13. The van der Waals surface area contributed by atoms with Gasteiger partial charge in [-0.05, 0) is 35.2 Å². The summed E-state index contributed by atoms with van der Waals surface area (Å²) in [6, 6.07) is 14.3. The Labute approximate surface area is 153 Å². The fraction of sp³-hybridized carbons (Fsp3) is 0.316. The van der Waals surface area contributed by atoms with Crippen LogP contribution in [0, 0.1) is 0 Å². The quantitative estimate of drug-likeness (QED) is 0.864. The van der Waals surface area contributed by atoms with Gasteiger partial charge in [0.1, 0.15) is 11.8 Å². The maximum Gasteiger partial charge on any atom is 0.239 e. The number of methoxy groups -OCH3 is 1. The smallest absolute Gasteiger partial charge is 0.239 e. The third-order valence-electron chi connectivity index (χ3n) is 4.56. The van der Waals surface area contributed by atoms with Crippen LogP contribution in [0.15, 0.2) is 48.5 Å². The van der Waals surface area contributed by atoms with E-state index >= 15 is 0 Å². The molecule has 0 saturated heterocycles. The lowest BCUT2D eigenvalue weighted by Gasteiger charge is -2.34. The van der Waals surface area contributed by atoms with Gasteiger partial charge in [-0.15, -0.1) is 0 Å². The van der Waals surface area contributed by atoms with E-state index in [4.69, 9.17) is 4.74 Å². The Kier molecular flexibility index (Phi) is 5.29. The number of nitrogens with zero attached hydrogens (tertiary/aromatic N) is 1. The topological polar surface area (TPSA) is 75.7 Å². The molecule has 138 valence electrons. The van der Waals surface area contributed by atoms with Crippen LogP contribution in [-0.4, -0.2) is 38.0 Å². The number of fused-ring (bicyclic) bond motifs is 1. The average molecular weight is 374 g/mol. The van der Waals surface area contributed by atoms with Gasteiger partial charge < -0.3 is 10.1 Å². The van der Waals surface area contributed by atoms with Gasteiger partial charge in [0.15, 0.2) is 0 Å². The number of ether oxygens (including phenoxy) is 1. The molecule has 26 heavy (non-hydrogen) atoms. The second kappa shape index (κ2) is 7.47. The number of hydrogen-bond acceptors (Lipinski definition) is 4. The number of carbonyl (C=O) groups excluding carboxylic acids is 1. The minimum atomic E-state index is -3.50. The molecule has 0 fully saturated rings. The van der Waals surface area contributed by atoms with E-state index in [-0.39, 0.29) is 12.5 Å². The van der Waals surface area contributed by atoms with Crippen molar-refractivity contribution in [2.24, 2.45) is 0 Å². The van der Waals surface area contributed by atoms with Gasteiger partial charge in [-0.25, -0.2) is 8.42 Å². The number of amides is 1. The molecule has 0 bridgehead atoms. The first kappa shape index (κ1) is 18.4. The van der Waals surface area contributed by atoms with Crippen LogP contribution in [0.2, 0.25) is 0 Å². The van der Waals surface area contributed by atoms with Gasteiger partial charge >= 0.3 is 0 Å². The second-order valence-corrected chi connectivity index (χ2v) is 8.30. The molecule has 0 spiro atoms. The maximum atomic E-state index is 12.7. The highest BCUT2D eigenvalue weighted by Gasteiger charge is 2.36. The minimum Gasteiger partial charge on any atom is -0.497 e. The molecule has 0 aromatic heterocycles. The minimum absolute atomic E-state index is 0.218. The van der Waals surface area contributed by atoms with Crippen LogP contribution >= 0.6 is 0 Å². The first-order chi connectivity index (χ1) is 12.4. The molecule has 2 aromatic rings. The summed E-state index contributed by atoms with van der Waals surface area (Å²) in [7, 11) is -1.90. The standard InChI is InChI=1S/C19H22N2O4S/c1-25-17-9-7-14(8-10-17)12-20-19(22)18-11-15-5-3-4-6-16(15)13-21(18)26(2,23)24/h3-10,18H,11-13H2,1-2H3,(H,20,22)/t18-/m0/s1. The van der Waals surface area contributed by atoms with Crippen LogP contribution in [0.4, 0.5) is 0 Å². The number of hydrogen-bond donors (Lipinski definition) is 1. The summed E-state index contributed by atoms with van der Waals surface area (Å²) in [6.07, 6.45) is 1.52. The monoisotopic (exact) mass is 374 g/mol. The Morgan fingerprint density at radius 2 is 1.81 bits per heavy atom. The van der Waals surface area contributed by atoms with E-state index in [1.165, 1.54) is 4.31 Å². The van der Waals surface area contributed by atoms with Crippen molar-refractivity contribution in [3.05, 3.63) is 65.2 Å². The van der Waals surface area contributed by atoms with Gasteiger partial charge in [-0.2, -0.15) is 4.31 Å². The van der Waals surface area contributed by atoms with Crippen molar-refractivity contribution in [2.45, 2.75) is 25.6 Å². The lowest BCUT2D eigenvalue weighted by atomic mass is 9.95. The van der Waals surface area contributed by atoms with E-state index in [9.17, 15) is 13.2 Å². The van der Waals surface area contributed by atoms with Crippen LogP contribution in [0.3, 0.4) is 0 Å². The summed E-state index contributed by atoms with van der Waals surface area (Å²) >= 11 is 0. The molecule has 6 nitrogen and oxygen atoms in total. The van der Waals surface area contributed by atoms with Crippen LogP contribution in [-0.2, 0) is 34.3 Å². The normalized spacial score (nSPS) is 17.4. The van der Waals surface area contributed by atoms with E-state index in [0.29, 0.717) is 13.0 Å². The zero-order valence-electron chi connectivity index (χ0n) is 14.8. The molecular weight excluding hydrogens is 352 g/mol. The van der Waals surface area contributed by atoms with Gasteiger partial charge in [-0.1, -0.05) is 36.4 Å². The molecule has 0 saturated carbocycles. The summed E-state index contributed by atoms with van der Waals surface area (Å²) in [5.41, 5.74) is 2.87. The molecule has 1 aliphatic heterocycles. The van der Waals surface area contributed by atoms with Gasteiger partial charge in [0.25, 0.3) is 0 Å². The van der Waals surface area contributed by atoms with E-state index in [2.05, 4.69) is 5.32 Å². The number of benzene rings is 2. The zero-order valence-corrected chi connectivity index (χ0v) is 15.6. The number of rotatable bonds is 5. The van der Waals surface area contributed by atoms with Crippen LogP contribution in [0.5, 0.6) is 5.75 Å². The van der Waals surface area contributed by atoms with Crippen molar-refractivity contribution in [3.8, 4) is 5.75 Å². The molecule has 1 heterocycles. The largest absolute Gasteiger partial charge is 0.497 e. The van der Waals surface area contributed by atoms with Gasteiger partial charge in [0.05, 0.1) is 13.4 Å². The van der Waals surface area contributed by atoms with E-state index in [0.717, 1.165) is 28.7 Å². The lowest BCUT2D eigenvalue weighted by molar-refractivity contribution is -0.125. The first-order valence-corrected chi connectivity index (χ1v) is 10.2. The molecule has 7 heteroatoms. The van der Waals surface area contributed by atoms with Crippen LogP contribution in [0.25, 0.3) is 0 Å². The Balaban J connectivity index is 1.75. The van der Waals surface area contributed by atoms with Crippen molar-refractivity contribution in [1.29, 1.82) is 0 Å². The molecule has 1 atom stereocenters. The van der Waals surface area contributed by atoms with Gasteiger partial charge in [-0.3, -0.25) is 4.79 Å². The Morgan fingerprint density at radius 1 is 1.15 bits per heavy atom. The zero-order chi connectivity index (χ0) is 18.7. The van der Waals surface area contributed by atoms with Crippen molar-refractivity contribution >= 4 is 15.9 Å². The Bertz CT molecular complexity index is 894. The molecule has 0 radical (unpaired) electrons. The lowest BCUT2D eigenvalue weighted by Crippen LogP contribution is -2.52.